The number of aromatic amines is 1. The topological polar surface area (TPSA) is 75.2 Å². The third-order valence-electron chi connectivity index (χ3n) is 6.88. The van der Waals surface area contributed by atoms with Gasteiger partial charge in [0.2, 0.25) is 5.95 Å². The van der Waals surface area contributed by atoms with Crippen molar-refractivity contribution < 1.29 is 19.0 Å². The Labute approximate surface area is 208 Å². The summed E-state index contributed by atoms with van der Waals surface area (Å²) in [5.41, 5.74) is 7.02. The predicted molar refractivity (Wildman–Crippen MR) is 139 cm³/mol. The van der Waals surface area contributed by atoms with Gasteiger partial charge >= 0.3 is 5.97 Å². The number of aliphatic hydroxyl groups is 1. The summed E-state index contributed by atoms with van der Waals surface area (Å²) >= 11 is 0. The van der Waals surface area contributed by atoms with Gasteiger partial charge in [-0.2, -0.15) is 9.49 Å². The molecule has 1 aliphatic rings. The van der Waals surface area contributed by atoms with E-state index >= 15 is 0 Å². The van der Waals surface area contributed by atoms with Crippen LogP contribution in [0.3, 0.4) is 0 Å². The molecule has 2 N–H and O–H groups in total. The van der Waals surface area contributed by atoms with Crippen LogP contribution in [-0.2, 0) is 11.4 Å². The minimum atomic E-state index is -0.549. The van der Waals surface area contributed by atoms with Crippen LogP contribution in [0.4, 0.5) is 4.39 Å². The molecular weight excluding hydrogens is 455 g/mol. The number of hydrogen-bond donors (Lipinski definition) is 2. The molecule has 0 aliphatic heterocycles. The third kappa shape index (κ3) is 4.36. The van der Waals surface area contributed by atoms with Crippen LogP contribution >= 0.6 is 0 Å². The SMILES string of the molecule is C=CC(=O)Oc1ccccc1/C(=C(\c1ccc(CO)cc1C)C1CCC1)c1ccc2n[nH]c(F)c2c1. The second-order valence-electron chi connectivity index (χ2n) is 9.11. The number of allylic oxidation sites excluding steroid dienone is 1. The highest BCUT2D eigenvalue weighted by atomic mass is 19.1. The molecule has 1 heterocycles. The van der Waals surface area contributed by atoms with Gasteiger partial charge in [0, 0.05) is 11.6 Å². The molecule has 0 radical (unpaired) electrons. The molecule has 4 aromatic rings. The highest BCUT2D eigenvalue weighted by Crippen LogP contribution is 2.47. The minimum Gasteiger partial charge on any atom is -0.423 e. The quantitative estimate of drug-likeness (QED) is 0.139. The summed E-state index contributed by atoms with van der Waals surface area (Å²) < 4.78 is 20.2. The zero-order valence-electron chi connectivity index (χ0n) is 20.1. The highest BCUT2D eigenvalue weighted by Gasteiger charge is 2.29. The van der Waals surface area contributed by atoms with Crippen LogP contribution in [0.15, 0.2) is 73.3 Å². The Bertz CT molecular complexity index is 1500. The van der Waals surface area contributed by atoms with Crippen molar-refractivity contribution >= 4 is 28.0 Å². The molecule has 1 aliphatic carbocycles. The van der Waals surface area contributed by atoms with Crippen molar-refractivity contribution in [3.63, 3.8) is 0 Å². The molecule has 0 amide bonds. The van der Waals surface area contributed by atoms with Crippen LogP contribution in [0.25, 0.3) is 22.0 Å². The number of benzene rings is 3. The van der Waals surface area contributed by atoms with Gasteiger partial charge in [-0.3, -0.25) is 5.10 Å². The standard InChI is InChI=1S/C30H27FN2O3/c1-3-27(35)36-26-10-5-4-9-23(26)29(21-12-14-25-24(16-21)30(31)33-32-25)28(20-7-6-8-20)22-13-11-19(17-34)15-18(22)2/h3-5,9-16,20,34H,1,6-8,17H2,2H3,(H,32,33)/b29-28-. The molecule has 0 atom stereocenters. The maximum Gasteiger partial charge on any atom is 0.335 e. The summed E-state index contributed by atoms with van der Waals surface area (Å²) in [7, 11) is 0. The summed E-state index contributed by atoms with van der Waals surface area (Å²) in [4.78, 5) is 12.2. The molecule has 0 saturated heterocycles. The Morgan fingerprint density at radius 2 is 1.97 bits per heavy atom. The second kappa shape index (κ2) is 9.91. The summed E-state index contributed by atoms with van der Waals surface area (Å²) in [6.45, 7) is 5.53. The number of para-hydroxylation sites is 1. The molecule has 0 bridgehead atoms. The van der Waals surface area contributed by atoms with Crippen molar-refractivity contribution in [2.75, 3.05) is 0 Å². The molecule has 1 aromatic heterocycles. The molecule has 1 saturated carbocycles. The number of carbonyl (C=O) groups is 1. The number of hydrogen-bond acceptors (Lipinski definition) is 4. The maximum absolute atomic E-state index is 14.6. The van der Waals surface area contributed by atoms with Gasteiger partial charge in [0.1, 0.15) is 5.75 Å². The van der Waals surface area contributed by atoms with Crippen molar-refractivity contribution in [3.05, 3.63) is 107 Å². The minimum absolute atomic E-state index is 0.0345. The second-order valence-corrected chi connectivity index (χ2v) is 9.11. The monoisotopic (exact) mass is 482 g/mol. The Kier molecular flexibility index (Phi) is 6.53. The number of fused-ring (bicyclic) bond motifs is 1. The van der Waals surface area contributed by atoms with E-state index in [0.29, 0.717) is 16.7 Å². The van der Waals surface area contributed by atoms with Gasteiger partial charge in [-0.25, -0.2) is 4.79 Å². The largest absolute Gasteiger partial charge is 0.423 e. The molecule has 0 unspecified atom stereocenters. The average molecular weight is 483 g/mol. The summed E-state index contributed by atoms with van der Waals surface area (Å²) in [6, 6.07) is 18.9. The number of esters is 1. The number of nitrogens with zero attached hydrogens (tertiary/aromatic N) is 1. The van der Waals surface area contributed by atoms with Crippen LogP contribution < -0.4 is 4.74 Å². The van der Waals surface area contributed by atoms with E-state index in [2.05, 4.69) is 16.8 Å². The van der Waals surface area contributed by atoms with E-state index in [9.17, 15) is 14.3 Å². The van der Waals surface area contributed by atoms with Gasteiger partial charge in [-0.05, 0) is 77.3 Å². The van der Waals surface area contributed by atoms with Crippen molar-refractivity contribution in [2.45, 2.75) is 32.8 Å². The van der Waals surface area contributed by atoms with Gasteiger partial charge in [0.25, 0.3) is 0 Å². The number of carbonyl (C=O) groups excluding carboxylic acids is 1. The van der Waals surface area contributed by atoms with Crippen LogP contribution in [0, 0.1) is 18.8 Å². The van der Waals surface area contributed by atoms with Gasteiger partial charge in [-0.15, -0.1) is 0 Å². The third-order valence-corrected chi connectivity index (χ3v) is 6.88. The fraction of sp³-hybridized carbons (Fsp3) is 0.200. The first kappa shape index (κ1) is 23.7. The van der Waals surface area contributed by atoms with Gasteiger partial charge in [-0.1, -0.05) is 55.5 Å². The lowest BCUT2D eigenvalue weighted by Gasteiger charge is -2.32. The molecule has 0 spiro atoms. The smallest absolute Gasteiger partial charge is 0.335 e. The predicted octanol–water partition coefficient (Wildman–Crippen LogP) is 6.35. The molecule has 6 heteroatoms. The molecule has 1 fully saturated rings. The summed E-state index contributed by atoms with van der Waals surface area (Å²) in [6.07, 6.45) is 4.31. The number of ether oxygens (including phenoxy) is 1. The molecule has 5 rings (SSSR count). The fourth-order valence-corrected chi connectivity index (χ4v) is 4.88. The van der Waals surface area contributed by atoms with Gasteiger partial charge in [0.05, 0.1) is 17.5 Å². The van der Waals surface area contributed by atoms with Crippen molar-refractivity contribution in [1.29, 1.82) is 0 Å². The zero-order chi connectivity index (χ0) is 25.2. The maximum atomic E-state index is 14.6. The molecule has 182 valence electrons. The van der Waals surface area contributed by atoms with Gasteiger partial charge < -0.3 is 9.84 Å². The van der Waals surface area contributed by atoms with Gasteiger partial charge in [0.15, 0.2) is 0 Å². The number of aliphatic hydroxyl groups excluding tert-OH is 1. The fourth-order valence-electron chi connectivity index (χ4n) is 4.88. The first-order valence-electron chi connectivity index (χ1n) is 12.0. The van der Waals surface area contributed by atoms with E-state index in [1.807, 2.05) is 49.4 Å². The van der Waals surface area contributed by atoms with E-state index < -0.39 is 11.9 Å². The molecule has 36 heavy (non-hydrogen) atoms. The van der Waals surface area contributed by atoms with Crippen molar-refractivity contribution in [1.82, 2.24) is 10.2 Å². The summed E-state index contributed by atoms with van der Waals surface area (Å²) in [5, 5.41) is 16.5. The van der Waals surface area contributed by atoms with E-state index in [0.717, 1.165) is 64.3 Å². The number of aryl methyl sites for hydroxylation is 1. The Morgan fingerprint density at radius 1 is 1.17 bits per heavy atom. The van der Waals surface area contributed by atoms with Crippen molar-refractivity contribution in [3.8, 4) is 5.75 Å². The number of halogens is 1. The lowest BCUT2D eigenvalue weighted by atomic mass is 9.72. The Morgan fingerprint density at radius 3 is 2.67 bits per heavy atom. The van der Waals surface area contributed by atoms with E-state index in [1.54, 1.807) is 18.2 Å². The highest BCUT2D eigenvalue weighted by molar-refractivity contribution is 6.03. The number of aromatic nitrogens is 2. The molecular formula is C30H27FN2O3. The first-order chi connectivity index (χ1) is 17.5. The molecule has 3 aromatic carbocycles. The van der Waals surface area contributed by atoms with Crippen LogP contribution in [-0.4, -0.2) is 21.3 Å². The number of H-pyrrole nitrogens is 1. The Hall–Kier alpha value is -4.03. The number of rotatable bonds is 7. The normalized spacial score (nSPS) is 14.3. The van der Waals surface area contributed by atoms with Crippen molar-refractivity contribution in [2.24, 2.45) is 5.92 Å². The zero-order valence-corrected chi connectivity index (χ0v) is 20.1. The average Bonchev–Trinajstić information content (AvgIpc) is 3.23. The Balaban J connectivity index is 1.85. The van der Waals surface area contributed by atoms with E-state index in [4.69, 9.17) is 4.74 Å². The van der Waals surface area contributed by atoms with Crippen LogP contribution in [0.5, 0.6) is 5.75 Å². The molecule has 5 nitrogen and oxygen atoms in total. The van der Waals surface area contributed by atoms with E-state index in [-0.39, 0.29) is 12.5 Å². The van der Waals surface area contributed by atoms with Crippen LogP contribution in [0.1, 0.15) is 47.1 Å². The number of nitrogens with one attached hydrogen (secondary N) is 1. The lowest BCUT2D eigenvalue weighted by molar-refractivity contribution is -0.128. The van der Waals surface area contributed by atoms with E-state index in [1.165, 1.54) is 0 Å². The lowest BCUT2D eigenvalue weighted by Crippen LogP contribution is -2.16. The van der Waals surface area contributed by atoms with Crippen LogP contribution in [0.2, 0.25) is 0 Å². The summed E-state index contributed by atoms with van der Waals surface area (Å²) in [5.74, 6) is -0.351. The first-order valence-corrected chi connectivity index (χ1v) is 12.0.